The van der Waals surface area contributed by atoms with Crippen LogP contribution in [0.1, 0.15) is 37.9 Å². The topological polar surface area (TPSA) is 57.7 Å². The molecule has 2 aromatic rings. The molecule has 0 amide bonds. The van der Waals surface area contributed by atoms with Crippen molar-refractivity contribution >= 4 is 29.9 Å². The van der Waals surface area contributed by atoms with Crippen LogP contribution in [-0.2, 0) is 6.54 Å². The quantitative estimate of drug-likeness (QED) is 0.293. The van der Waals surface area contributed by atoms with Crippen molar-refractivity contribution in [1.29, 1.82) is 0 Å². The second kappa shape index (κ2) is 11.9. The predicted octanol–water partition coefficient (Wildman–Crippen LogP) is 4.11. The van der Waals surface area contributed by atoms with Crippen LogP contribution in [-0.4, -0.2) is 32.2 Å². The number of aliphatic imine (C=N–C) groups is 1. The van der Waals surface area contributed by atoms with E-state index in [1.165, 1.54) is 11.1 Å². The Morgan fingerprint density at radius 2 is 1.68 bits per heavy atom. The molecule has 3 N–H and O–H groups in total. The average Bonchev–Trinajstić information content (AvgIpc) is 2.69. The van der Waals surface area contributed by atoms with E-state index in [1.807, 2.05) is 30.3 Å². The summed E-state index contributed by atoms with van der Waals surface area (Å²) in [6.07, 6.45) is 0. The molecule has 0 radical (unpaired) electrons. The number of hydrogen-bond acceptors (Lipinski definition) is 3. The summed E-state index contributed by atoms with van der Waals surface area (Å²) in [7, 11) is 3.46. The maximum atomic E-state index is 5.19. The maximum Gasteiger partial charge on any atom is 0.191 e. The van der Waals surface area contributed by atoms with Gasteiger partial charge < -0.3 is 20.7 Å². The molecule has 2 rings (SSSR count). The van der Waals surface area contributed by atoms with Gasteiger partial charge >= 0.3 is 0 Å². The highest BCUT2D eigenvalue weighted by molar-refractivity contribution is 14.0. The lowest BCUT2D eigenvalue weighted by Crippen LogP contribution is -2.52. The van der Waals surface area contributed by atoms with E-state index in [1.54, 1.807) is 14.2 Å². The number of methoxy groups -OCH3 is 1. The fraction of sp³-hybridized carbons (Fsp3) is 0.409. The third-order valence-corrected chi connectivity index (χ3v) is 4.45. The summed E-state index contributed by atoms with van der Waals surface area (Å²) in [6.45, 7) is 8.03. The smallest absolute Gasteiger partial charge is 0.191 e. The SMILES string of the molecule is CN=C(NCc1ccc(OC)cc1)NCC(C)(C)NC(C)c1ccccc1.I. The van der Waals surface area contributed by atoms with Crippen molar-refractivity contribution < 1.29 is 4.74 Å². The molecule has 0 saturated carbocycles. The van der Waals surface area contributed by atoms with Crippen molar-refractivity contribution in [3.8, 4) is 5.75 Å². The minimum Gasteiger partial charge on any atom is -0.497 e. The van der Waals surface area contributed by atoms with E-state index in [9.17, 15) is 0 Å². The highest BCUT2D eigenvalue weighted by Gasteiger charge is 2.21. The minimum absolute atomic E-state index is 0. The van der Waals surface area contributed by atoms with E-state index in [0.717, 1.165) is 18.3 Å². The molecular weight excluding hydrogens is 463 g/mol. The molecule has 2 aromatic carbocycles. The molecule has 0 saturated heterocycles. The summed E-state index contributed by atoms with van der Waals surface area (Å²) < 4.78 is 5.19. The van der Waals surface area contributed by atoms with E-state index in [4.69, 9.17) is 4.74 Å². The summed E-state index contributed by atoms with van der Waals surface area (Å²) >= 11 is 0. The van der Waals surface area contributed by atoms with Gasteiger partial charge in [-0.1, -0.05) is 42.5 Å². The third-order valence-electron chi connectivity index (χ3n) is 4.45. The molecule has 5 nitrogen and oxygen atoms in total. The fourth-order valence-electron chi connectivity index (χ4n) is 2.92. The number of nitrogens with one attached hydrogen (secondary N) is 3. The van der Waals surface area contributed by atoms with Gasteiger partial charge in [0.1, 0.15) is 5.75 Å². The Hall–Kier alpha value is -1.80. The first-order valence-electron chi connectivity index (χ1n) is 9.33. The van der Waals surface area contributed by atoms with E-state index in [2.05, 4.69) is 66.0 Å². The monoisotopic (exact) mass is 496 g/mol. The molecule has 1 unspecified atom stereocenters. The minimum atomic E-state index is -0.0903. The molecule has 0 spiro atoms. The highest BCUT2D eigenvalue weighted by Crippen LogP contribution is 2.15. The molecule has 6 heteroatoms. The summed E-state index contributed by atoms with van der Waals surface area (Å²) in [5.74, 6) is 1.65. The number of nitrogens with zero attached hydrogens (tertiary/aromatic N) is 1. The first-order valence-corrected chi connectivity index (χ1v) is 9.33. The zero-order valence-electron chi connectivity index (χ0n) is 17.5. The highest BCUT2D eigenvalue weighted by atomic mass is 127. The van der Waals surface area contributed by atoms with Gasteiger partial charge in [-0.25, -0.2) is 0 Å². The van der Waals surface area contributed by atoms with E-state index >= 15 is 0 Å². The van der Waals surface area contributed by atoms with Crippen molar-refractivity contribution in [1.82, 2.24) is 16.0 Å². The molecule has 0 bridgehead atoms. The Bertz CT molecular complexity index is 717. The Labute approximate surface area is 186 Å². The van der Waals surface area contributed by atoms with Gasteiger partial charge in [0.2, 0.25) is 0 Å². The second-order valence-corrected chi connectivity index (χ2v) is 7.29. The Morgan fingerprint density at radius 1 is 1.04 bits per heavy atom. The number of benzene rings is 2. The maximum absolute atomic E-state index is 5.19. The van der Waals surface area contributed by atoms with Crippen LogP contribution in [0.4, 0.5) is 0 Å². The average molecular weight is 496 g/mol. The van der Waals surface area contributed by atoms with Gasteiger partial charge in [0.15, 0.2) is 5.96 Å². The van der Waals surface area contributed by atoms with Crippen molar-refractivity contribution in [3.63, 3.8) is 0 Å². The first kappa shape index (κ1) is 24.2. The van der Waals surface area contributed by atoms with Crippen LogP contribution in [0.3, 0.4) is 0 Å². The summed E-state index contributed by atoms with van der Waals surface area (Å²) in [6, 6.07) is 18.8. The molecule has 0 heterocycles. The summed E-state index contributed by atoms with van der Waals surface area (Å²) in [5.41, 5.74) is 2.37. The largest absolute Gasteiger partial charge is 0.497 e. The van der Waals surface area contributed by atoms with Gasteiger partial charge in [-0.2, -0.15) is 0 Å². The normalized spacial score (nSPS) is 12.7. The Kier molecular flexibility index (Phi) is 10.3. The van der Waals surface area contributed by atoms with E-state index in [0.29, 0.717) is 6.54 Å². The number of halogens is 1. The molecule has 0 aliphatic carbocycles. The van der Waals surface area contributed by atoms with Gasteiger partial charge in [0.25, 0.3) is 0 Å². The lowest BCUT2D eigenvalue weighted by molar-refractivity contribution is 0.345. The second-order valence-electron chi connectivity index (χ2n) is 7.29. The van der Waals surface area contributed by atoms with Crippen LogP contribution in [0.15, 0.2) is 59.6 Å². The van der Waals surface area contributed by atoms with Gasteiger partial charge in [0.05, 0.1) is 7.11 Å². The van der Waals surface area contributed by atoms with Crippen molar-refractivity contribution in [3.05, 3.63) is 65.7 Å². The summed E-state index contributed by atoms with van der Waals surface area (Å²) in [4.78, 5) is 4.32. The van der Waals surface area contributed by atoms with Crippen molar-refractivity contribution in [2.75, 3.05) is 20.7 Å². The summed E-state index contributed by atoms with van der Waals surface area (Å²) in [5, 5.41) is 10.4. The van der Waals surface area contributed by atoms with Crippen molar-refractivity contribution in [2.45, 2.75) is 38.9 Å². The molecule has 1 atom stereocenters. The molecule has 0 fully saturated rings. The predicted molar refractivity (Wildman–Crippen MR) is 129 cm³/mol. The van der Waals surface area contributed by atoms with Crippen molar-refractivity contribution in [2.24, 2.45) is 4.99 Å². The molecule has 0 aliphatic heterocycles. The fourth-order valence-corrected chi connectivity index (χ4v) is 2.92. The number of ether oxygens (including phenoxy) is 1. The van der Waals surface area contributed by atoms with Gasteiger partial charge in [-0.3, -0.25) is 4.99 Å². The van der Waals surface area contributed by atoms with Crippen LogP contribution in [0, 0.1) is 0 Å². The van der Waals surface area contributed by atoms with E-state index in [-0.39, 0.29) is 35.6 Å². The first-order chi connectivity index (χ1) is 12.9. The standard InChI is InChI=1S/C22H32N4O.HI/c1-17(19-9-7-6-8-10-19)26-22(2,3)16-25-21(23-4)24-15-18-11-13-20(27-5)14-12-18;/h6-14,17,26H,15-16H2,1-5H3,(H2,23,24,25);1H. The number of hydrogen-bond donors (Lipinski definition) is 3. The number of guanidine groups is 1. The lowest BCUT2D eigenvalue weighted by atomic mass is 10.0. The zero-order valence-corrected chi connectivity index (χ0v) is 19.8. The van der Waals surface area contributed by atoms with Crippen LogP contribution in [0.2, 0.25) is 0 Å². The molecule has 28 heavy (non-hydrogen) atoms. The number of rotatable bonds is 8. The molecule has 0 aromatic heterocycles. The van der Waals surface area contributed by atoms with Crippen LogP contribution in [0.5, 0.6) is 5.75 Å². The van der Waals surface area contributed by atoms with Crippen LogP contribution >= 0.6 is 24.0 Å². The Balaban J connectivity index is 0.00000392. The van der Waals surface area contributed by atoms with E-state index < -0.39 is 0 Å². The molecule has 0 aliphatic rings. The third kappa shape index (κ3) is 8.06. The molecular formula is C22H33IN4O. The molecule has 154 valence electrons. The zero-order chi connectivity index (χ0) is 19.7. The van der Waals surface area contributed by atoms with Gasteiger partial charge in [-0.15, -0.1) is 24.0 Å². The Morgan fingerprint density at radius 3 is 2.25 bits per heavy atom. The van der Waals surface area contributed by atoms with Gasteiger partial charge in [0, 0.05) is 31.7 Å². The van der Waals surface area contributed by atoms with Crippen LogP contribution in [0.25, 0.3) is 0 Å². The lowest BCUT2D eigenvalue weighted by Gasteiger charge is -2.31. The van der Waals surface area contributed by atoms with Gasteiger partial charge in [-0.05, 0) is 44.0 Å². The van der Waals surface area contributed by atoms with Crippen LogP contribution < -0.4 is 20.7 Å².